The van der Waals surface area contributed by atoms with Crippen molar-refractivity contribution in [2.75, 3.05) is 0 Å². The Balaban J connectivity index is 1.83. The van der Waals surface area contributed by atoms with Crippen LogP contribution in [0.25, 0.3) is 0 Å². The number of nitrogens with zero attached hydrogens (tertiary/aromatic N) is 2. The molecule has 0 saturated heterocycles. The maximum absolute atomic E-state index is 12.0. The lowest BCUT2D eigenvalue weighted by atomic mass is 9.86. The summed E-state index contributed by atoms with van der Waals surface area (Å²) in [5.74, 6) is -1.16. The number of nitrogens with one attached hydrogen (secondary N) is 1. The molecule has 0 unspecified atom stereocenters. The lowest BCUT2D eigenvalue weighted by molar-refractivity contribution is -0.142. The largest absolute Gasteiger partial charge is 0.481 e. The van der Waals surface area contributed by atoms with Gasteiger partial charge in [-0.3, -0.25) is 14.2 Å². The number of carboxylic acids is 1. The van der Waals surface area contributed by atoms with Crippen LogP contribution in [0.5, 0.6) is 0 Å². The number of aromatic nitrogens is 2. The highest BCUT2D eigenvalue weighted by Crippen LogP contribution is 2.24. The Labute approximate surface area is 134 Å². The Bertz CT molecular complexity index is 645. The van der Waals surface area contributed by atoms with Crippen molar-refractivity contribution in [2.45, 2.75) is 58.5 Å². The number of carboxylic acid groups (broad SMARTS) is 1. The third-order valence-electron chi connectivity index (χ3n) is 4.35. The van der Waals surface area contributed by atoms with Gasteiger partial charge in [-0.05, 0) is 45.6 Å². The van der Waals surface area contributed by atoms with Crippen molar-refractivity contribution in [3.63, 3.8) is 0 Å². The number of amides is 1. The fourth-order valence-electron chi connectivity index (χ4n) is 3.04. The van der Waals surface area contributed by atoms with Crippen LogP contribution in [0.1, 0.15) is 43.5 Å². The lowest BCUT2D eigenvalue weighted by Gasteiger charge is -2.26. The van der Waals surface area contributed by atoms with Crippen molar-refractivity contribution in [3.8, 4) is 0 Å². The Morgan fingerprint density at radius 3 is 2.52 bits per heavy atom. The fourth-order valence-corrected chi connectivity index (χ4v) is 3.04. The molecule has 1 aliphatic carbocycles. The first-order chi connectivity index (χ1) is 10.9. The van der Waals surface area contributed by atoms with E-state index in [4.69, 9.17) is 5.11 Å². The first-order valence-electron chi connectivity index (χ1n) is 7.94. The van der Waals surface area contributed by atoms with E-state index in [1.807, 2.05) is 13.0 Å². The van der Waals surface area contributed by atoms with Crippen molar-refractivity contribution in [1.29, 1.82) is 0 Å². The van der Waals surface area contributed by atoms with Gasteiger partial charge in [0.15, 0.2) is 0 Å². The van der Waals surface area contributed by atoms with Crippen molar-refractivity contribution >= 4 is 11.9 Å². The van der Waals surface area contributed by atoms with Gasteiger partial charge in [-0.2, -0.15) is 4.98 Å². The first kappa shape index (κ1) is 17.2. The smallest absolute Gasteiger partial charge is 0.347 e. The second kappa shape index (κ2) is 7.39. The molecule has 1 heterocycles. The topological polar surface area (TPSA) is 101 Å². The second-order valence-corrected chi connectivity index (χ2v) is 6.18. The summed E-state index contributed by atoms with van der Waals surface area (Å²) in [6.07, 6.45) is 2.79. The highest BCUT2D eigenvalue weighted by atomic mass is 16.4. The van der Waals surface area contributed by atoms with E-state index in [0.717, 1.165) is 5.69 Å². The number of hydrogen-bond donors (Lipinski definition) is 2. The van der Waals surface area contributed by atoms with Gasteiger partial charge in [0.25, 0.3) is 0 Å². The molecule has 126 valence electrons. The van der Waals surface area contributed by atoms with Gasteiger partial charge in [-0.15, -0.1) is 0 Å². The third-order valence-corrected chi connectivity index (χ3v) is 4.35. The van der Waals surface area contributed by atoms with Crippen LogP contribution in [-0.4, -0.2) is 32.6 Å². The molecule has 2 N–H and O–H groups in total. The summed E-state index contributed by atoms with van der Waals surface area (Å²) in [6, 6.07) is 1.85. The summed E-state index contributed by atoms with van der Waals surface area (Å²) in [4.78, 5) is 38.6. The Morgan fingerprint density at radius 1 is 1.30 bits per heavy atom. The zero-order valence-corrected chi connectivity index (χ0v) is 13.5. The number of rotatable bonds is 5. The maximum Gasteiger partial charge on any atom is 0.347 e. The second-order valence-electron chi connectivity index (χ2n) is 6.18. The minimum atomic E-state index is -0.753. The normalized spacial score (nSPS) is 21.0. The van der Waals surface area contributed by atoms with Crippen LogP contribution in [-0.2, 0) is 16.1 Å². The summed E-state index contributed by atoms with van der Waals surface area (Å²) in [7, 11) is 0. The molecule has 0 atom stereocenters. The average molecular weight is 321 g/mol. The highest BCUT2D eigenvalue weighted by Gasteiger charge is 2.26. The molecule has 0 aromatic carbocycles. The molecule has 0 bridgehead atoms. The van der Waals surface area contributed by atoms with Crippen molar-refractivity contribution in [3.05, 3.63) is 27.9 Å². The van der Waals surface area contributed by atoms with E-state index < -0.39 is 5.97 Å². The molecule has 1 saturated carbocycles. The summed E-state index contributed by atoms with van der Waals surface area (Å²) < 4.78 is 1.49. The molecule has 1 aromatic heterocycles. The highest BCUT2D eigenvalue weighted by molar-refractivity contribution is 5.76. The first-order valence-corrected chi connectivity index (χ1v) is 7.94. The quantitative estimate of drug-likeness (QED) is 0.843. The molecular weight excluding hydrogens is 298 g/mol. The maximum atomic E-state index is 12.0. The molecule has 1 fully saturated rings. The van der Waals surface area contributed by atoms with E-state index in [1.165, 1.54) is 4.57 Å². The molecule has 7 nitrogen and oxygen atoms in total. The Kier molecular flexibility index (Phi) is 5.52. The monoisotopic (exact) mass is 321 g/mol. The standard InChI is InChI=1S/C16H23N3O4/c1-10-9-11(2)19(16(23)17-10)8-7-14(20)18-13-5-3-12(4-6-13)15(21)22/h9,12-13H,3-8H2,1-2H3,(H,18,20)(H,21,22). The van der Waals surface area contributed by atoms with Gasteiger partial charge in [0.2, 0.25) is 5.91 Å². The van der Waals surface area contributed by atoms with Gasteiger partial charge < -0.3 is 10.4 Å². The SMILES string of the molecule is Cc1cc(C)n(CCC(=O)NC2CCC(C(=O)O)CC2)c(=O)n1. The molecule has 7 heteroatoms. The summed E-state index contributed by atoms with van der Waals surface area (Å²) in [6.45, 7) is 3.88. The van der Waals surface area contributed by atoms with Gasteiger partial charge in [-0.1, -0.05) is 0 Å². The van der Waals surface area contributed by atoms with E-state index in [0.29, 0.717) is 37.9 Å². The zero-order valence-electron chi connectivity index (χ0n) is 13.5. The van der Waals surface area contributed by atoms with Crippen LogP contribution in [0.3, 0.4) is 0 Å². The van der Waals surface area contributed by atoms with Crippen LogP contribution in [0.2, 0.25) is 0 Å². The van der Waals surface area contributed by atoms with Gasteiger partial charge in [-0.25, -0.2) is 4.79 Å². The molecule has 1 aromatic rings. The van der Waals surface area contributed by atoms with Crippen molar-refractivity contribution < 1.29 is 14.7 Å². The summed E-state index contributed by atoms with van der Waals surface area (Å²) in [5, 5.41) is 11.9. The predicted octanol–water partition coefficient (Wildman–Crippen LogP) is 1.01. The van der Waals surface area contributed by atoms with E-state index >= 15 is 0 Å². The number of carbonyl (C=O) groups excluding carboxylic acids is 1. The van der Waals surface area contributed by atoms with Crippen LogP contribution in [0.4, 0.5) is 0 Å². The molecule has 0 spiro atoms. The predicted molar refractivity (Wildman–Crippen MR) is 84.1 cm³/mol. The van der Waals surface area contributed by atoms with Crippen LogP contribution in [0.15, 0.2) is 10.9 Å². The zero-order chi connectivity index (χ0) is 17.0. The number of hydrogen-bond acceptors (Lipinski definition) is 4. The lowest BCUT2D eigenvalue weighted by Crippen LogP contribution is -2.39. The molecule has 0 aliphatic heterocycles. The minimum absolute atomic E-state index is 0.0343. The molecule has 0 radical (unpaired) electrons. The van der Waals surface area contributed by atoms with Gasteiger partial charge in [0, 0.05) is 30.4 Å². The van der Waals surface area contributed by atoms with E-state index in [2.05, 4.69) is 10.3 Å². The molecule has 2 rings (SSSR count). The number of aliphatic carboxylic acids is 1. The van der Waals surface area contributed by atoms with Crippen molar-refractivity contribution in [1.82, 2.24) is 14.9 Å². The van der Waals surface area contributed by atoms with Gasteiger partial charge in [0.05, 0.1) is 5.92 Å². The van der Waals surface area contributed by atoms with Gasteiger partial charge >= 0.3 is 11.7 Å². The minimum Gasteiger partial charge on any atom is -0.481 e. The van der Waals surface area contributed by atoms with E-state index in [9.17, 15) is 14.4 Å². The Hall–Kier alpha value is -2.18. The summed E-state index contributed by atoms with van der Waals surface area (Å²) >= 11 is 0. The van der Waals surface area contributed by atoms with Crippen LogP contribution >= 0.6 is 0 Å². The molecule has 1 aliphatic rings. The van der Waals surface area contributed by atoms with Gasteiger partial charge in [0.1, 0.15) is 0 Å². The number of carbonyl (C=O) groups is 2. The van der Waals surface area contributed by atoms with E-state index in [-0.39, 0.29) is 30.0 Å². The third kappa shape index (κ3) is 4.64. The summed E-state index contributed by atoms with van der Waals surface area (Å²) in [5.41, 5.74) is 1.12. The molecule has 1 amide bonds. The molecular formula is C16H23N3O4. The fraction of sp³-hybridized carbons (Fsp3) is 0.625. The molecule has 23 heavy (non-hydrogen) atoms. The number of aryl methyl sites for hydroxylation is 2. The van der Waals surface area contributed by atoms with Crippen LogP contribution in [0, 0.1) is 19.8 Å². The van der Waals surface area contributed by atoms with Crippen LogP contribution < -0.4 is 11.0 Å². The Morgan fingerprint density at radius 2 is 1.96 bits per heavy atom. The van der Waals surface area contributed by atoms with E-state index in [1.54, 1.807) is 6.92 Å². The van der Waals surface area contributed by atoms with Crippen molar-refractivity contribution in [2.24, 2.45) is 5.92 Å². The average Bonchev–Trinajstić information content (AvgIpc) is 2.46.